The lowest BCUT2D eigenvalue weighted by Crippen LogP contribution is -2.54. The first-order valence-electron chi connectivity index (χ1n) is 11.4. The van der Waals surface area contributed by atoms with Crippen molar-refractivity contribution in [2.24, 2.45) is 11.8 Å². The standard InChI is InChI=1S/C22H44N4/c1-19(2)17-24-13-15-26(16-14-24)22-7-9-23(10-8-22)18-21-5-11-25(12-6-21)20(3)4/h19-22H,5-18H2,1-4H3. The summed E-state index contributed by atoms with van der Waals surface area (Å²) in [5.41, 5.74) is 0. The van der Waals surface area contributed by atoms with Gasteiger partial charge in [-0.2, -0.15) is 0 Å². The number of nitrogens with zero attached hydrogens (tertiary/aromatic N) is 4. The molecule has 0 saturated carbocycles. The number of likely N-dealkylation sites (tertiary alicyclic amines) is 2. The van der Waals surface area contributed by atoms with Crippen LogP contribution in [-0.4, -0.2) is 97.1 Å². The van der Waals surface area contributed by atoms with Crippen molar-refractivity contribution in [2.45, 2.75) is 65.5 Å². The first-order valence-corrected chi connectivity index (χ1v) is 11.4. The van der Waals surface area contributed by atoms with E-state index >= 15 is 0 Å². The van der Waals surface area contributed by atoms with Gasteiger partial charge in [0.25, 0.3) is 0 Å². The molecule has 0 radical (unpaired) electrons. The number of hydrogen-bond donors (Lipinski definition) is 0. The monoisotopic (exact) mass is 364 g/mol. The van der Waals surface area contributed by atoms with E-state index in [0.29, 0.717) is 0 Å². The maximum Gasteiger partial charge on any atom is 0.0121 e. The fraction of sp³-hybridized carbons (Fsp3) is 1.00. The average Bonchev–Trinajstić information content (AvgIpc) is 2.63. The van der Waals surface area contributed by atoms with Crippen LogP contribution in [0.4, 0.5) is 0 Å². The van der Waals surface area contributed by atoms with E-state index in [1.54, 1.807) is 0 Å². The molecule has 0 aliphatic carbocycles. The Morgan fingerprint density at radius 2 is 1.31 bits per heavy atom. The van der Waals surface area contributed by atoms with Crippen molar-refractivity contribution in [3.05, 3.63) is 0 Å². The second-order valence-corrected chi connectivity index (χ2v) is 9.84. The molecule has 0 spiro atoms. The predicted octanol–water partition coefficient (Wildman–Crippen LogP) is 2.84. The van der Waals surface area contributed by atoms with Gasteiger partial charge >= 0.3 is 0 Å². The van der Waals surface area contributed by atoms with Crippen LogP contribution in [0.3, 0.4) is 0 Å². The van der Waals surface area contributed by atoms with E-state index in [4.69, 9.17) is 0 Å². The van der Waals surface area contributed by atoms with Crippen molar-refractivity contribution in [1.29, 1.82) is 0 Å². The van der Waals surface area contributed by atoms with Gasteiger partial charge < -0.3 is 14.7 Å². The quantitative estimate of drug-likeness (QED) is 0.718. The summed E-state index contributed by atoms with van der Waals surface area (Å²) >= 11 is 0. The lowest BCUT2D eigenvalue weighted by molar-refractivity contribution is 0.0467. The van der Waals surface area contributed by atoms with Crippen molar-refractivity contribution in [3.8, 4) is 0 Å². The molecule has 0 aromatic rings. The van der Waals surface area contributed by atoms with Crippen molar-refractivity contribution < 1.29 is 0 Å². The molecule has 0 atom stereocenters. The maximum absolute atomic E-state index is 2.80. The van der Waals surface area contributed by atoms with Gasteiger partial charge in [0, 0.05) is 51.4 Å². The number of piperidine rings is 2. The van der Waals surface area contributed by atoms with Gasteiger partial charge in [0.1, 0.15) is 0 Å². The molecule has 3 aliphatic rings. The Kier molecular flexibility index (Phi) is 7.80. The molecule has 152 valence electrons. The number of hydrogen-bond acceptors (Lipinski definition) is 4. The van der Waals surface area contributed by atoms with Gasteiger partial charge in [0.05, 0.1) is 0 Å². The molecule has 3 saturated heterocycles. The van der Waals surface area contributed by atoms with E-state index in [0.717, 1.165) is 23.9 Å². The minimum absolute atomic E-state index is 0.729. The van der Waals surface area contributed by atoms with Crippen molar-refractivity contribution in [3.63, 3.8) is 0 Å². The Labute approximate surface area is 162 Å². The van der Waals surface area contributed by atoms with Gasteiger partial charge in [-0.1, -0.05) is 13.8 Å². The summed E-state index contributed by atoms with van der Waals surface area (Å²) < 4.78 is 0. The van der Waals surface area contributed by atoms with Crippen LogP contribution < -0.4 is 0 Å². The van der Waals surface area contributed by atoms with Crippen LogP contribution in [-0.2, 0) is 0 Å². The van der Waals surface area contributed by atoms with Gasteiger partial charge in [0.15, 0.2) is 0 Å². The SMILES string of the molecule is CC(C)CN1CCN(C2CCN(CC3CCN(C(C)C)CC3)CC2)CC1. The smallest absolute Gasteiger partial charge is 0.0121 e. The molecular weight excluding hydrogens is 320 g/mol. The first-order chi connectivity index (χ1) is 12.5. The number of rotatable bonds is 6. The van der Waals surface area contributed by atoms with Crippen LogP contribution in [0.25, 0.3) is 0 Å². The molecule has 3 aliphatic heterocycles. The van der Waals surface area contributed by atoms with E-state index in [9.17, 15) is 0 Å². The molecule has 0 N–H and O–H groups in total. The summed E-state index contributed by atoms with van der Waals surface area (Å²) in [5, 5.41) is 0. The van der Waals surface area contributed by atoms with Gasteiger partial charge in [-0.3, -0.25) is 4.90 Å². The molecule has 0 unspecified atom stereocenters. The highest BCUT2D eigenvalue weighted by molar-refractivity contribution is 4.85. The van der Waals surface area contributed by atoms with Gasteiger partial charge in [0.2, 0.25) is 0 Å². The molecule has 3 rings (SSSR count). The number of piperazine rings is 1. The largest absolute Gasteiger partial charge is 0.303 e. The highest BCUT2D eigenvalue weighted by atomic mass is 15.3. The molecule has 3 fully saturated rings. The Hall–Kier alpha value is -0.160. The topological polar surface area (TPSA) is 13.0 Å². The van der Waals surface area contributed by atoms with E-state index in [-0.39, 0.29) is 0 Å². The Bertz CT molecular complexity index is 387. The maximum atomic E-state index is 2.80. The van der Waals surface area contributed by atoms with Crippen LogP contribution in [0.15, 0.2) is 0 Å². The predicted molar refractivity (Wildman–Crippen MR) is 112 cm³/mol. The van der Waals surface area contributed by atoms with Crippen LogP contribution in [0.1, 0.15) is 53.4 Å². The molecule has 0 amide bonds. The fourth-order valence-electron chi connectivity index (χ4n) is 5.31. The fourth-order valence-corrected chi connectivity index (χ4v) is 5.31. The van der Waals surface area contributed by atoms with E-state index < -0.39 is 0 Å². The molecule has 26 heavy (non-hydrogen) atoms. The molecule has 3 heterocycles. The Morgan fingerprint density at radius 3 is 1.85 bits per heavy atom. The minimum atomic E-state index is 0.729. The van der Waals surface area contributed by atoms with Crippen molar-refractivity contribution >= 4 is 0 Å². The first kappa shape index (κ1) is 20.6. The third-order valence-corrected chi connectivity index (χ3v) is 7.00. The highest BCUT2D eigenvalue weighted by Gasteiger charge is 2.29. The minimum Gasteiger partial charge on any atom is -0.303 e. The van der Waals surface area contributed by atoms with Crippen LogP contribution in [0, 0.1) is 11.8 Å². The van der Waals surface area contributed by atoms with Crippen LogP contribution >= 0.6 is 0 Å². The molecule has 4 heteroatoms. The third kappa shape index (κ3) is 5.92. The molecule has 4 nitrogen and oxygen atoms in total. The van der Waals surface area contributed by atoms with Gasteiger partial charge in [-0.25, -0.2) is 0 Å². The zero-order valence-electron chi connectivity index (χ0n) is 18.0. The zero-order valence-corrected chi connectivity index (χ0v) is 18.0. The molecule has 0 aromatic carbocycles. The van der Waals surface area contributed by atoms with Crippen LogP contribution in [0.5, 0.6) is 0 Å². The summed E-state index contributed by atoms with van der Waals surface area (Å²) in [6.45, 7) is 22.5. The lowest BCUT2D eigenvalue weighted by atomic mass is 9.94. The van der Waals surface area contributed by atoms with Crippen LogP contribution in [0.2, 0.25) is 0 Å². The average molecular weight is 365 g/mol. The molecule has 0 aromatic heterocycles. The molecule has 0 bridgehead atoms. The highest BCUT2D eigenvalue weighted by Crippen LogP contribution is 2.23. The van der Waals surface area contributed by atoms with E-state index in [1.807, 2.05) is 0 Å². The van der Waals surface area contributed by atoms with E-state index in [2.05, 4.69) is 47.3 Å². The summed E-state index contributed by atoms with van der Waals surface area (Å²) in [7, 11) is 0. The zero-order chi connectivity index (χ0) is 18.5. The molecular formula is C22H44N4. The third-order valence-electron chi connectivity index (χ3n) is 7.00. The van der Waals surface area contributed by atoms with Crippen molar-refractivity contribution in [2.75, 3.05) is 65.4 Å². The summed E-state index contributed by atoms with van der Waals surface area (Å²) in [4.78, 5) is 10.9. The normalized spacial score (nSPS) is 27.0. The van der Waals surface area contributed by atoms with Gasteiger partial charge in [-0.15, -0.1) is 0 Å². The summed E-state index contributed by atoms with van der Waals surface area (Å²) in [5.74, 6) is 1.75. The Balaban J connectivity index is 1.32. The summed E-state index contributed by atoms with van der Waals surface area (Å²) in [6, 6.07) is 1.59. The second-order valence-electron chi connectivity index (χ2n) is 9.84. The van der Waals surface area contributed by atoms with Crippen molar-refractivity contribution in [1.82, 2.24) is 19.6 Å². The Morgan fingerprint density at radius 1 is 0.692 bits per heavy atom. The van der Waals surface area contributed by atoms with Gasteiger partial charge in [-0.05, 0) is 77.5 Å². The lowest BCUT2D eigenvalue weighted by Gasteiger charge is -2.44. The summed E-state index contributed by atoms with van der Waals surface area (Å²) in [6.07, 6.45) is 5.62. The second kappa shape index (κ2) is 9.86. The van der Waals surface area contributed by atoms with E-state index in [1.165, 1.54) is 91.1 Å².